The van der Waals surface area contributed by atoms with Gasteiger partial charge in [0, 0.05) is 18.5 Å². The topological polar surface area (TPSA) is 63.4 Å². The first-order valence-electron chi connectivity index (χ1n) is 8.42. The van der Waals surface area contributed by atoms with Crippen LogP contribution < -0.4 is 5.73 Å². The van der Waals surface area contributed by atoms with E-state index in [-0.39, 0.29) is 5.91 Å². The van der Waals surface area contributed by atoms with Gasteiger partial charge >= 0.3 is 0 Å². The summed E-state index contributed by atoms with van der Waals surface area (Å²) in [5, 5.41) is 0. The van der Waals surface area contributed by atoms with Crippen molar-refractivity contribution in [3.8, 4) is 0 Å². The quantitative estimate of drug-likeness (QED) is 0.922. The molecule has 4 rings (SSSR count). The molecule has 4 nitrogen and oxygen atoms in total. The SMILES string of the molecule is NC(=O)[C@@H]1Cc2ccccc2CN1C(=O)c1ccc2c(c1)CCC2. The Morgan fingerprint density at radius 2 is 1.71 bits per heavy atom. The number of primary amides is 1. The third-order valence-electron chi connectivity index (χ3n) is 5.18. The molecule has 0 saturated heterocycles. The average Bonchev–Trinajstić information content (AvgIpc) is 3.07. The van der Waals surface area contributed by atoms with E-state index in [1.54, 1.807) is 4.90 Å². The Morgan fingerprint density at radius 1 is 0.958 bits per heavy atom. The number of hydrogen-bond acceptors (Lipinski definition) is 2. The van der Waals surface area contributed by atoms with Gasteiger partial charge in [-0.1, -0.05) is 30.3 Å². The summed E-state index contributed by atoms with van der Waals surface area (Å²) < 4.78 is 0. The molecule has 2 aromatic carbocycles. The van der Waals surface area contributed by atoms with E-state index in [4.69, 9.17) is 5.73 Å². The Bertz CT molecular complexity index is 828. The van der Waals surface area contributed by atoms with Gasteiger partial charge in [0.15, 0.2) is 0 Å². The van der Waals surface area contributed by atoms with Crippen LogP contribution in [0.1, 0.15) is 39.0 Å². The Hall–Kier alpha value is -2.62. The van der Waals surface area contributed by atoms with Crippen molar-refractivity contribution < 1.29 is 9.59 Å². The minimum atomic E-state index is -0.583. The summed E-state index contributed by atoms with van der Waals surface area (Å²) in [6.07, 6.45) is 3.75. The molecule has 0 spiro atoms. The fraction of sp³-hybridized carbons (Fsp3) is 0.300. The minimum absolute atomic E-state index is 0.108. The van der Waals surface area contributed by atoms with Crippen molar-refractivity contribution in [3.05, 3.63) is 70.3 Å². The van der Waals surface area contributed by atoms with Gasteiger partial charge in [-0.3, -0.25) is 9.59 Å². The van der Waals surface area contributed by atoms with Crippen LogP contribution in [0.3, 0.4) is 0 Å². The number of carbonyl (C=O) groups is 2. The third-order valence-corrected chi connectivity index (χ3v) is 5.18. The fourth-order valence-electron chi connectivity index (χ4n) is 3.86. The maximum absolute atomic E-state index is 13.0. The molecule has 2 N–H and O–H groups in total. The van der Waals surface area contributed by atoms with Crippen LogP contribution in [0.4, 0.5) is 0 Å². The molecule has 24 heavy (non-hydrogen) atoms. The molecule has 0 fully saturated rings. The van der Waals surface area contributed by atoms with Crippen molar-refractivity contribution >= 4 is 11.8 Å². The van der Waals surface area contributed by atoms with Crippen LogP contribution in [0.2, 0.25) is 0 Å². The van der Waals surface area contributed by atoms with Crippen molar-refractivity contribution in [1.82, 2.24) is 4.90 Å². The molecule has 1 heterocycles. The van der Waals surface area contributed by atoms with E-state index in [0.29, 0.717) is 18.5 Å². The van der Waals surface area contributed by atoms with Crippen molar-refractivity contribution in [3.63, 3.8) is 0 Å². The standard InChI is InChI=1S/C20H20N2O2/c21-19(23)18-11-15-4-1-2-5-17(15)12-22(18)20(24)16-9-8-13-6-3-7-14(13)10-16/h1-2,4-5,8-10,18H,3,6-7,11-12H2,(H2,21,23)/t18-/m0/s1. The van der Waals surface area contributed by atoms with E-state index in [2.05, 4.69) is 0 Å². The lowest BCUT2D eigenvalue weighted by Crippen LogP contribution is -2.51. The van der Waals surface area contributed by atoms with Crippen LogP contribution in [-0.4, -0.2) is 22.8 Å². The molecule has 122 valence electrons. The molecular weight excluding hydrogens is 300 g/mol. The second-order valence-electron chi connectivity index (χ2n) is 6.66. The highest BCUT2D eigenvalue weighted by atomic mass is 16.2. The van der Waals surface area contributed by atoms with Gasteiger partial charge in [0.1, 0.15) is 6.04 Å². The van der Waals surface area contributed by atoms with Gasteiger partial charge in [0.2, 0.25) is 5.91 Å². The molecular formula is C20H20N2O2. The largest absolute Gasteiger partial charge is 0.368 e. The zero-order chi connectivity index (χ0) is 16.7. The Labute approximate surface area is 141 Å². The predicted octanol–water partition coefficient (Wildman–Crippen LogP) is 2.23. The van der Waals surface area contributed by atoms with Gasteiger partial charge < -0.3 is 10.6 Å². The first kappa shape index (κ1) is 14.9. The van der Waals surface area contributed by atoms with Crippen LogP contribution >= 0.6 is 0 Å². The van der Waals surface area contributed by atoms with Crippen LogP contribution in [0.25, 0.3) is 0 Å². The molecule has 0 saturated carbocycles. The molecule has 1 aliphatic heterocycles. The first-order chi connectivity index (χ1) is 11.6. The molecule has 2 aliphatic rings. The highest BCUT2D eigenvalue weighted by Crippen LogP contribution is 2.27. The summed E-state index contributed by atoms with van der Waals surface area (Å²) in [6, 6.07) is 13.3. The van der Waals surface area contributed by atoms with Gasteiger partial charge in [0.05, 0.1) is 0 Å². The van der Waals surface area contributed by atoms with Crippen LogP contribution in [0.5, 0.6) is 0 Å². The number of hydrogen-bond donors (Lipinski definition) is 1. The lowest BCUT2D eigenvalue weighted by atomic mass is 9.92. The second-order valence-corrected chi connectivity index (χ2v) is 6.66. The summed E-state index contributed by atoms with van der Waals surface area (Å²) in [5.74, 6) is -0.554. The van der Waals surface area contributed by atoms with Crippen molar-refractivity contribution in [2.24, 2.45) is 5.73 Å². The number of carbonyl (C=O) groups excluding carboxylic acids is 2. The molecule has 0 bridgehead atoms. The molecule has 0 unspecified atom stereocenters. The van der Waals surface area contributed by atoms with Gasteiger partial charge in [-0.15, -0.1) is 0 Å². The Morgan fingerprint density at radius 3 is 2.50 bits per heavy atom. The van der Waals surface area contributed by atoms with Gasteiger partial charge in [0.25, 0.3) is 5.91 Å². The summed E-state index contributed by atoms with van der Waals surface area (Å²) in [5.41, 5.74) is 11.0. The zero-order valence-corrected chi connectivity index (χ0v) is 13.5. The number of amides is 2. The predicted molar refractivity (Wildman–Crippen MR) is 91.5 cm³/mol. The fourth-order valence-corrected chi connectivity index (χ4v) is 3.86. The number of fused-ring (bicyclic) bond motifs is 2. The number of aryl methyl sites for hydroxylation is 2. The van der Waals surface area contributed by atoms with E-state index in [9.17, 15) is 9.59 Å². The smallest absolute Gasteiger partial charge is 0.254 e. The summed E-state index contributed by atoms with van der Waals surface area (Å²) >= 11 is 0. The van der Waals surface area contributed by atoms with Gasteiger partial charge in [-0.05, 0) is 53.6 Å². The van der Waals surface area contributed by atoms with Crippen LogP contribution in [0, 0.1) is 0 Å². The van der Waals surface area contributed by atoms with Crippen molar-refractivity contribution in [2.75, 3.05) is 0 Å². The monoisotopic (exact) mass is 320 g/mol. The van der Waals surface area contributed by atoms with E-state index in [0.717, 1.165) is 30.4 Å². The number of rotatable bonds is 2. The summed E-state index contributed by atoms with van der Waals surface area (Å²) in [4.78, 5) is 26.6. The van der Waals surface area contributed by atoms with E-state index >= 15 is 0 Å². The van der Waals surface area contributed by atoms with E-state index in [1.807, 2.05) is 42.5 Å². The van der Waals surface area contributed by atoms with Crippen LogP contribution in [-0.2, 0) is 30.6 Å². The molecule has 1 atom stereocenters. The van der Waals surface area contributed by atoms with Crippen LogP contribution in [0.15, 0.2) is 42.5 Å². The Kier molecular flexibility index (Phi) is 3.60. The second kappa shape index (κ2) is 5.78. The van der Waals surface area contributed by atoms with Gasteiger partial charge in [-0.25, -0.2) is 0 Å². The molecule has 2 amide bonds. The maximum Gasteiger partial charge on any atom is 0.254 e. The number of nitrogens with zero attached hydrogens (tertiary/aromatic N) is 1. The van der Waals surface area contributed by atoms with Crippen molar-refractivity contribution in [2.45, 2.75) is 38.3 Å². The Balaban J connectivity index is 1.68. The summed E-state index contributed by atoms with van der Waals surface area (Å²) in [6.45, 7) is 0.430. The minimum Gasteiger partial charge on any atom is -0.368 e. The van der Waals surface area contributed by atoms with E-state index in [1.165, 1.54) is 11.1 Å². The van der Waals surface area contributed by atoms with Gasteiger partial charge in [-0.2, -0.15) is 0 Å². The molecule has 0 radical (unpaired) electrons. The molecule has 1 aliphatic carbocycles. The highest BCUT2D eigenvalue weighted by molar-refractivity contribution is 5.98. The number of benzene rings is 2. The zero-order valence-electron chi connectivity index (χ0n) is 13.5. The van der Waals surface area contributed by atoms with Crippen molar-refractivity contribution in [1.29, 1.82) is 0 Å². The molecule has 0 aromatic heterocycles. The average molecular weight is 320 g/mol. The molecule has 2 aromatic rings. The lowest BCUT2D eigenvalue weighted by molar-refractivity contribution is -0.122. The maximum atomic E-state index is 13.0. The third kappa shape index (κ3) is 2.48. The highest BCUT2D eigenvalue weighted by Gasteiger charge is 2.34. The summed E-state index contributed by atoms with van der Waals surface area (Å²) in [7, 11) is 0. The van der Waals surface area contributed by atoms with E-state index < -0.39 is 11.9 Å². The molecule has 4 heteroatoms. The lowest BCUT2D eigenvalue weighted by Gasteiger charge is -2.35. The first-order valence-corrected chi connectivity index (χ1v) is 8.42. The number of nitrogens with two attached hydrogens (primary N) is 1. The normalized spacial score (nSPS) is 18.8.